The summed E-state index contributed by atoms with van der Waals surface area (Å²) in [5.74, 6) is 1.88. The van der Waals surface area contributed by atoms with Crippen LogP contribution in [0, 0.1) is 5.92 Å². The number of fused-ring (bicyclic) bond motifs is 1. The summed E-state index contributed by atoms with van der Waals surface area (Å²) in [6.45, 7) is 7.40. The van der Waals surface area contributed by atoms with Gasteiger partial charge in [-0.2, -0.15) is 0 Å². The quantitative estimate of drug-likeness (QED) is 0.898. The van der Waals surface area contributed by atoms with Gasteiger partial charge < -0.3 is 19.3 Å². The monoisotopic (exact) mass is 344 g/mol. The minimum Gasteiger partial charge on any atom is -0.490 e. The highest BCUT2D eigenvalue weighted by molar-refractivity contribution is 5.91. The molecular weight excluding hydrogens is 320 g/mol. The first-order chi connectivity index (χ1) is 12.0. The number of carbonyl (C=O) groups is 1. The van der Waals surface area contributed by atoms with Gasteiger partial charge in [0.1, 0.15) is 0 Å². The number of aromatic nitrogens is 1. The molecule has 0 fully saturated rings. The third-order valence-corrected chi connectivity index (χ3v) is 4.02. The van der Waals surface area contributed by atoms with E-state index < -0.39 is 0 Å². The Hall–Kier alpha value is -2.50. The molecular formula is C19H24N2O4. The van der Waals surface area contributed by atoms with Crippen LogP contribution in [0.5, 0.6) is 11.5 Å². The van der Waals surface area contributed by atoms with Crippen LogP contribution in [0.25, 0.3) is 0 Å². The summed E-state index contributed by atoms with van der Waals surface area (Å²) in [5.41, 5.74) is 1.74. The Labute approximate surface area is 147 Å². The van der Waals surface area contributed by atoms with Crippen LogP contribution >= 0.6 is 0 Å². The maximum atomic E-state index is 12.4. The van der Waals surface area contributed by atoms with Gasteiger partial charge in [-0.05, 0) is 37.0 Å². The zero-order valence-electron chi connectivity index (χ0n) is 14.9. The molecule has 0 saturated carbocycles. The number of hydrogen-bond donors (Lipinski definition) is 1. The van der Waals surface area contributed by atoms with Gasteiger partial charge in [0.15, 0.2) is 11.5 Å². The molecule has 134 valence electrons. The van der Waals surface area contributed by atoms with Crippen molar-refractivity contribution in [1.82, 2.24) is 10.5 Å². The van der Waals surface area contributed by atoms with Crippen LogP contribution in [0.4, 0.5) is 0 Å². The summed E-state index contributed by atoms with van der Waals surface area (Å²) in [5, 5.41) is 6.89. The Kier molecular flexibility index (Phi) is 5.26. The van der Waals surface area contributed by atoms with E-state index in [1.54, 1.807) is 6.07 Å². The second kappa shape index (κ2) is 7.59. The fraction of sp³-hybridized carbons (Fsp3) is 0.474. The molecule has 1 aromatic carbocycles. The molecule has 0 aliphatic carbocycles. The van der Waals surface area contributed by atoms with Crippen molar-refractivity contribution in [2.75, 3.05) is 13.2 Å². The van der Waals surface area contributed by atoms with Gasteiger partial charge in [0.2, 0.25) is 5.76 Å². The van der Waals surface area contributed by atoms with Gasteiger partial charge in [-0.3, -0.25) is 4.79 Å². The van der Waals surface area contributed by atoms with Crippen molar-refractivity contribution >= 4 is 5.91 Å². The Morgan fingerprint density at radius 3 is 2.68 bits per heavy atom. The first-order valence-corrected chi connectivity index (χ1v) is 8.69. The second-order valence-corrected chi connectivity index (χ2v) is 6.73. The average molecular weight is 344 g/mol. The molecule has 0 unspecified atom stereocenters. The lowest BCUT2D eigenvalue weighted by atomic mass is 10.1. The molecule has 2 heterocycles. The molecule has 3 rings (SSSR count). The Morgan fingerprint density at radius 1 is 1.16 bits per heavy atom. The molecule has 6 nitrogen and oxygen atoms in total. The Balaban J connectivity index is 1.67. The summed E-state index contributed by atoms with van der Waals surface area (Å²) >= 11 is 0. The molecule has 1 N–H and O–H groups in total. The van der Waals surface area contributed by atoms with Crippen LogP contribution in [-0.4, -0.2) is 24.3 Å². The first-order valence-electron chi connectivity index (χ1n) is 8.69. The summed E-state index contributed by atoms with van der Waals surface area (Å²) < 4.78 is 16.5. The van der Waals surface area contributed by atoms with Gasteiger partial charge >= 0.3 is 0 Å². The molecule has 1 aliphatic heterocycles. The molecule has 2 aromatic rings. The molecule has 0 bridgehead atoms. The zero-order valence-corrected chi connectivity index (χ0v) is 14.9. The minimum absolute atomic E-state index is 0.191. The van der Waals surface area contributed by atoms with Crippen molar-refractivity contribution < 1.29 is 18.8 Å². The SMILES string of the molecule is CC(C)Cc1cc(C(=O)N[C@@H](C)c2ccc3c(c2)OCCCO3)on1. The van der Waals surface area contributed by atoms with Crippen LogP contribution < -0.4 is 14.8 Å². The van der Waals surface area contributed by atoms with Crippen molar-refractivity contribution in [3.05, 3.63) is 41.3 Å². The van der Waals surface area contributed by atoms with E-state index in [2.05, 4.69) is 24.3 Å². The highest BCUT2D eigenvalue weighted by Crippen LogP contribution is 2.32. The van der Waals surface area contributed by atoms with Crippen LogP contribution in [-0.2, 0) is 6.42 Å². The minimum atomic E-state index is -0.276. The maximum absolute atomic E-state index is 12.4. The van der Waals surface area contributed by atoms with E-state index in [0.29, 0.717) is 19.1 Å². The number of rotatable bonds is 5. The molecule has 0 saturated heterocycles. The van der Waals surface area contributed by atoms with Gasteiger partial charge in [-0.15, -0.1) is 0 Å². The average Bonchev–Trinajstić information content (AvgIpc) is 2.90. The molecule has 1 atom stereocenters. The predicted octanol–water partition coefficient (Wildman–Crippen LogP) is 3.53. The van der Waals surface area contributed by atoms with Crippen molar-refractivity contribution in [1.29, 1.82) is 0 Å². The predicted molar refractivity (Wildman–Crippen MR) is 93.0 cm³/mol. The fourth-order valence-electron chi connectivity index (χ4n) is 2.73. The summed E-state index contributed by atoms with van der Waals surface area (Å²) in [6.07, 6.45) is 1.65. The van der Waals surface area contributed by atoms with Crippen LogP contribution in [0.15, 0.2) is 28.8 Å². The lowest BCUT2D eigenvalue weighted by Gasteiger charge is -2.15. The van der Waals surface area contributed by atoms with Crippen LogP contribution in [0.1, 0.15) is 55.0 Å². The van der Waals surface area contributed by atoms with E-state index in [1.165, 1.54) is 0 Å². The van der Waals surface area contributed by atoms with Crippen molar-refractivity contribution in [3.8, 4) is 11.5 Å². The zero-order chi connectivity index (χ0) is 17.8. The Morgan fingerprint density at radius 2 is 1.92 bits per heavy atom. The highest BCUT2D eigenvalue weighted by Gasteiger charge is 2.18. The van der Waals surface area contributed by atoms with E-state index >= 15 is 0 Å². The molecule has 1 aromatic heterocycles. The molecule has 1 amide bonds. The third kappa shape index (κ3) is 4.32. The number of carbonyl (C=O) groups excluding carboxylic acids is 1. The van der Waals surface area contributed by atoms with Gasteiger partial charge in [0.05, 0.1) is 24.9 Å². The lowest BCUT2D eigenvalue weighted by molar-refractivity contribution is 0.0902. The van der Waals surface area contributed by atoms with Crippen LogP contribution in [0.3, 0.4) is 0 Å². The highest BCUT2D eigenvalue weighted by atomic mass is 16.5. The smallest absolute Gasteiger partial charge is 0.290 e. The van der Waals surface area contributed by atoms with E-state index in [1.807, 2.05) is 25.1 Å². The van der Waals surface area contributed by atoms with Gasteiger partial charge in [-0.1, -0.05) is 25.1 Å². The summed E-state index contributed by atoms with van der Waals surface area (Å²) in [4.78, 5) is 12.4. The summed E-state index contributed by atoms with van der Waals surface area (Å²) in [6, 6.07) is 7.24. The van der Waals surface area contributed by atoms with Crippen molar-refractivity contribution in [2.24, 2.45) is 5.92 Å². The normalized spacial score (nSPS) is 14.9. The largest absolute Gasteiger partial charge is 0.490 e. The number of nitrogens with zero attached hydrogens (tertiary/aromatic N) is 1. The third-order valence-electron chi connectivity index (χ3n) is 4.02. The van der Waals surface area contributed by atoms with Crippen LogP contribution in [0.2, 0.25) is 0 Å². The van der Waals surface area contributed by atoms with E-state index in [-0.39, 0.29) is 17.7 Å². The summed E-state index contributed by atoms with van der Waals surface area (Å²) in [7, 11) is 0. The van der Waals surface area contributed by atoms with Gasteiger partial charge in [0.25, 0.3) is 5.91 Å². The Bertz CT molecular complexity index is 739. The standard InChI is InChI=1S/C19H24N2O4/c1-12(2)9-15-11-18(25-21-15)19(22)20-13(3)14-5-6-16-17(10-14)24-8-4-7-23-16/h5-6,10-13H,4,7-9H2,1-3H3,(H,20,22)/t13-/m0/s1. The number of benzene rings is 1. The maximum Gasteiger partial charge on any atom is 0.290 e. The van der Waals surface area contributed by atoms with Gasteiger partial charge in [0, 0.05) is 12.5 Å². The van der Waals surface area contributed by atoms with E-state index in [9.17, 15) is 4.79 Å². The van der Waals surface area contributed by atoms with Gasteiger partial charge in [-0.25, -0.2) is 0 Å². The van der Waals surface area contributed by atoms with E-state index in [0.717, 1.165) is 35.6 Å². The molecule has 25 heavy (non-hydrogen) atoms. The fourth-order valence-corrected chi connectivity index (χ4v) is 2.73. The molecule has 0 radical (unpaired) electrons. The number of hydrogen-bond acceptors (Lipinski definition) is 5. The topological polar surface area (TPSA) is 73.6 Å². The first kappa shape index (κ1) is 17.3. The molecule has 0 spiro atoms. The second-order valence-electron chi connectivity index (χ2n) is 6.73. The number of ether oxygens (including phenoxy) is 2. The lowest BCUT2D eigenvalue weighted by Crippen LogP contribution is -2.26. The number of amides is 1. The van der Waals surface area contributed by atoms with Crippen molar-refractivity contribution in [2.45, 2.75) is 39.7 Å². The molecule has 6 heteroatoms. The number of nitrogens with one attached hydrogen (secondary N) is 1. The molecule has 1 aliphatic rings. The van der Waals surface area contributed by atoms with E-state index in [4.69, 9.17) is 14.0 Å². The van der Waals surface area contributed by atoms with Crippen molar-refractivity contribution in [3.63, 3.8) is 0 Å².